The van der Waals surface area contributed by atoms with Crippen molar-refractivity contribution in [2.24, 2.45) is 0 Å². The third-order valence-electron chi connectivity index (χ3n) is 3.39. The average molecular weight is 314 g/mol. The number of amides is 1. The van der Waals surface area contributed by atoms with E-state index < -0.39 is 0 Å². The van der Waals surface area contributed by atoms with Gasteiger partial charge in [-0.05, 0) is 36.4 Å². The number of nitrogens with one attached hydrogen (secondary N) is 1. The molecule has 1 amide bonds. The molecule has 0 radical (unpaired) electrons. The normalized spacial score (nSPS) is 14.6. The molecule has 3 rings (SSSR count). The van der Waals surface area contributed by atoms with Gasteiger partial charge in [0.05, 0.1) is 12.7 Å². The summed E-state index contributed by atoms with van der Waals surface area (Å²) >= 11 is 5.96. The summed E-state index contributed by atoms with van der Waals surface area (Å²) in [7, 11) is 1.53. The van der Waals surface area contributed by atoms with Crippen LogP contribution in [0.2, 0.25) is 5.02 Å². The third kappa shape index (κ3) is 2.61. The summed E-state index contributed by atoms with van der Waals surface area (Å²) in [5.41, 5.74) is 2.05. The van der Waals surface area contributed by atoms with Gasteiger partial charge in [0.2, 0.25) is 0 Å². The Morgan fingerprint density at radius 1 is 1.23 bits per heavy atom. The number of halogens is 1. The van der Waals surface area contributed by atoms with E-state index in [0.717, 1.165) is 0 Å². The van der Waals surface area contributed by atoms with Crippen LogP contribution in [0.5, 0.6) is 5.75 Å². The van der Waals surface area contributed by atoms with E-state index in [1.54, 1.807) is 42.5 Å². The summed E-state index contributed by atoms with van der Waals surface area (Å²) in [6.07, 6.45) is 1.33. The van der Waals surface area contributed by atoms with Gasteiger partial charge in [-0.3, -0.25) is 9.59 Å². The van der Waals surface area contributed by atoms with Crippen LogP contribution in [0.3, 0.4) is 0 Å². The second-order valence-electron chi connectivity index (χ2n) is 4.80. The first-order valence-corrected chi connectivity index (χ1v) is 6.97. The van der Waals surface area contributed by atoms with Crippen LogP contribution in [0.1, 0.15) is 15.9 Å². The molecular weight excluding hydrogens is 302 g/mol. The summed E-state index contributed by atoms with van der Waals surface area (Å²) in [4.78, 5) is 24.4. The highest BCUT2D eigenvalue weighted by molar-refractivity contribution is 6.36. The molecule has 0 atom stereocenters. The van der Waals surface area contributed by atoms with E-state index in [2.05, 4.69) is 5.32 Å². The highest BCUT2D eigenvalue weighted by Crippen LogP contribution is 2.34. The Hall–Kier alpha value is -2.59. The van der Waals surface area contributed by atoms with E-state index in [9.17, 15) is 9.59 Å². The highest BCUT2D eigenvalue weighted by Gasteiger charge is 2.25. The molecule has 1 heterocycles. The topological polar surface area (TPSA) is 55.4 Å². The van der Waals surface area contributed by atoms with Gasteiger partial charge >= 0.3 is 0 Å². The zero-order chi connectivity index (χ0) is 15.7. The maximum absolute atomic E-state index is 12.4. The molecule has 0 unspecified atom stereocenters. The molecule has 22 heavy (non-hydrogen) atoms. The fourth-order valence-corrected chi connectivity index (χ4v) is 2.47. The van der Waals surface area contributed by atoms with Crippen LogP contribution < -0.4 is 10.1 Å². The third-order valence-corrected chi connectivity index (χ3v) is 3.63. The molecule has 1 N–H and O–H groups in total. The number of benzene rings is 2. The maximum atomic E-state index is 12.4. The zero-order valence-corrected chi connectivity index (χ0v) is 12.5. The van der Waals surface area contributed by atoms with Crippen LogP contribution in [0.15, 0.2) is 48.5 Å². The van der Waals surface area contributed by atoms with Crippen molar-refractivity contribution >= 4 is 34.6 Å². The number of hydrogen-bond donors (Lipinski definition) is 1. The van der Waals surface area contributed by atoms with Crippen molar-refractivity contribution in [1.82, 2.24) is 0 Å². The predicted octanol–water partition coefficient (Wildman–Crippen LogP) is 3.57. The van der Waals surface area contributed by atoms with Gasteiger partial charge in [0, 0.05) is 21.8 Å². The van der Waals surface area contributed by atoms with Crippen molar-refractivity contribution in [1.29, 1.82) is 0 Å². The van der Waals surface area contributed by atoms with Crippen LogP contribution >= 0.6 is 11.6 Å². The van der Waals surface area contributed by atoms with Gasteiger partial charge in [-0.15, -0.1) is 0 Å². The second-order valence-corrected chi connectivity index (χ2v) is 5.23. The number of carbonyl (C=O) groups is 2. The molecule has 0 saturated carbocycles. The van der Waals surface area contributed by atoms with Gasteiger partial charge in [-0.25, -0.2) is 0 Å². The molecule has 5 heteroatoms. The quantitative estimate of drug-likeness (QED) is 0.696. The smallest absolute Gasteiger partial charge is 0.256 e. The van der Waals surface area contributed by atoms with E-state index in [0.29, 0.717) is 33.2 Å². The predicted molar refractivity (Wildman–Crippen MR) is 85.4 cm³/mol. The van der Waals surface area contributed by atoms with E-state index in [4.69, 9.17) is 16.3 Å². The Bertz CT molecular complexity index is 811. The minimum Gasteiger partial charge on any atom is -0.497 e. The fourth-order valence-electron chi connectivity index (χ4n) is 2.29. The summed E-state index contributed by atoms with van der Waals surface area (Å²) in [6.45, 7) is 0. The first-order chi connectivity index (χ1) is 10.6. The van der Waals surface area contributed by atoms with Crippen LogP contribution in [-0.4, -0.2) is 18.8 Å². The first kappa shape index (κ1) is 14.4. The van der Waals surface area contributed by atoms with Gasteiger partial charge < -0.3 is 10.1 Å². The Kier molecular flexibility index (Phi) is 3.69. The number of anilines is 1. The number of rotatable bonds is 3. The Labute approximate surface area is 132 Å². The van der Waals surface area contributed by atoms with Crippen LogP contribution in [-0.2, 0) is 4.79 Å². The summed E-state index contributed by atoms with van der Waals surface area (Å²) < 4.78 is 5.10. The van der Waals surface area contributed by atoms with Crippen molar-refractivity contribution in [2.75, 3.05) is 12.4 Å². The van der Waals surface area contributed by atoms with Crippen LogP contribution in [0.4, 0.5) is 5.69 Å². The lowest BCUT2D eigenvalue weighted by atomic mass is 10.0. The van der Waals surface area contributed by atoms with Crippen LogP contribution in [0.25, 0.3) is 5.57 Å². The Morgan fingerprint density at radius 3 is 2.82 bits per heavy atom. The summed E-state index contributed by atoms with van der Waals surface area (Å²) in [5.74, 6) is 0.00829. The fraction of sp³-hybridized carbons (Fsp3) is 0.0588. The number of ether oxygens (including phenoxy) is 1. The van der Waals surface area contributed by atoms with Crippen LogP contribution in [0, 0.1) is 0 Å². The van der Waals surface area contributed by atoms with Gasteiger partial charge in [0.1, 0.15) is 5.75 Å². The minimum atomic E-state index is -0.312. The van der Waals surface area contributed by atoms with Crippen molar-refractivity contribution < 1.29 is 14.3 Å². The monoisotopic (exact) mass is 313 g/mol. The lowest BCUT2D eigenvalue weighted by molar-refractivity contribution is -0.110. The number of ketones is 1. The number of carbonyl (C=O) groups excluding carboxylic acids is 2. The number of hydrogen-bond acceptors (Lipinski definition) is 3. The minimum absolute atomic E-state index is 0.267. The summed E-state index contributed by atoms with van der Waals surface area (Å²) in [5, 5.41) is 3.22. The Morgan fingerprint density at radius 2 is 2.05 bits per heavy atom. The van der Waals surface area contributed by atoms with Gasteiger partial charge in [-0.2, -0.15) is 0 Å². The first-order valence-electron chi connectivity index (χ1n) is 6.60. The molecule has 2 aromatic rings. The SMILES string of the molecule is COc1cccc(C(=O)C=C2C(=O)Nc3ccc(Cl)cc32)c1. The van der Waals surface area contributed by atoms with Crippen molar-refractivity contribution in [3.05, 3.63) is 64.7 Å². The molecule has 1 aliphatic rings. The molecule has 0 fully saturated rings. The second kappa shape index (κ2) is 5.66. The van der Waals surface area contributed by atoms with Gasteiger partial charge in [-0.1, -0.05) is 23.7 Å². The van der Waals surface area contributed by atoms with E-state index in [1.165, 1.54) is 13.2 Å². The Balaban J connectivity index is 2.00. The van der Waals surface area contributed by atoms with Crippen molar-refractivity contribution in [2.45, 2.75) is 0 Å². The highest BCUT2D eigenvalue weighted by atomic mass is 35.5. The summed E-state index contributed by atoms with van der Waals surface area (Å²) in [6, 6.07) is 11.9. The molecule has 1 aliphatic heterocycles. The number of allylic oxidation sites excluding steroid dienone is 1. The lowest BCUT2D eigenvalue weighted by Gasteiger charge is -2.02. The van der Waals surface area contributed by atoms with Gasteiger partial charge in [0.15, 0.2) is 5.78 Å². The molecule has 0 aromatic heterocycles. The molecule has 0 bridgehead atoms. The molecule has 0 spiro atoms. The molecule has 2 aromatic carbocycles. The number of fused-ring (bicyclic) bond motifs is 1. The number of methoxy groups -OCH3 is 1. The van der Waals surface area contributed by atoms with E-state index in [-0.39, 0.29) is 11.7 Å². The average Bonchev–Trinajstić information content (AvgIpc) is 2.83. The van der Waals surface area contributed by atoms with Gasteiger partial charge in [0.25, 0.3) is 5.91 Å². The zero-order valence-electron chi connectivity index (χ0n) is 11.7. The lowest BCUT2D eigenvalue weighted by Crippen LogP contribution is -2.06. The largest absolute Gasteiger partial charge is 0.497 e. The van der Waals surface area contributed by atoms with Crippen molar-refractivity contribution in [3.63, 3.8) is 0 Å². The van der Waals surface area contributed by atoms with E-state index in [1.807, 2.05) is 0 Å². The molecule has 0 saturated heterocycles. The molecule has 110 valence electrons. The standard InChI is InChI=1S/C17H12ClNO3/c1-22-12-4-2-3-10(7-12)16(20)9-14-13-8-11(18)5-6-15(13)19-17(14)21/h2-9H,1H3,(H,19,21). The molecule has 0 aliphatic carbocycles. The van der Waals surface area contributed by atoms with Crippen molar-refractivity contribution in [3.8, 4) is 5.75 Å². The molecular formula is C17H12ClNO3. The maximum Gasteiger partial charge on any atom is 0.256 e. The van der Waals surface area contributed by atoms with E-state index >= 15 is 0 Å². The molecule has 4 nitrogen and oxygen atoms in total.